The van der Waals surface area contributed by atoms with Gasteiger partial charge in [0.1, 0.15) is 0 Å². The first-order valence-electron chi connectivity index (χ1n) is 6.45. The van der Waals surface area contributed by atoms with Crippen LogP contribution in [0.25, 0.3) is 0 Å². The minimum absolute atomic E-state index is 0.116. The van der Waals surface area contributed by atoms with Gasteiger partial charge in [0.25, 0.3) is 0 Å². The van der Waals surface area contributed by atoms with Crippen molar-refractivity contribution in [2.24, 2.45) is 0 Å². The van der Waals surface area contributed by atoms with Gasteiger partial charge in [-0.1, -0.05) is 20.8 Å². The summed E-state index contributed by atoms with van der Waals surface area (Å²) in [6, 6.07) is 2.47. The maximum Gasteiger partial charge on any atom is 0.344 e. The van der Waals surface area contributed by atoms with Crippen molar-refractivity contribution >= 4 is 5.97 Å². The predicted molar refractivity (Wildman–Crippen MR) is 70.7 cm³/mol. The average Bonchev–Trinajstić information content (AvgIpc) is 2.35. The van der Waals surface area contributed by atoms with E-state index in [2.05, 4.69) is 5.32 Å². The Hall–Kier alpha value is -1.69. The Labute approximate surface area is 116 Å². The molecule has 0 fully saturated rings. The third-order valence-electron chi connectivity index (χ3n) is 2.68. The Bertz CT molecular complexity index is 454. The van der Waals surface area contributed by atoms with Crippen molar-refractivity contribution in [3.63, 3.8) is 0 Å². The zero-order valence-electron chi connectivity index (χ0n) is 11.7. The third-order valence-corrected chi connectivity index (χ3v) is 2.68. The largest absolute Gasteiger partial charge is 0.479 e. The van der Waals surface area contributed by atoms with E-state index in [0.717, 1.165) is 12.1 Å². The molecule has 0 aliphatic carbocycles. The van der Waals surface area contributed by atoms with E-state index in [-0.39, 0.29) is 12.5 Å². The van der Waals surface area contributed by atoms with E-state index in [1.165, 1.54) is 0 Å². The highest BCUT2D eigenvalue weighted by atomic mass is 19.1. The predicted octanol–water partition coefficient (Wildman–Crippen LogP) is 2.70. The van der Waals surface area contributed by atoms with Gasteiger partial charge >= 0.3 is 5.97 Å². The van der Waals surface area contributed by atoms with Crippen LogP contribution in [-0.4, -0.2) is 23.2 Å². The van der Waals surface area contributed by atoms with Crippen LogP contribution in [0.3, 0.4) is 0 Å². The lowest BCUT2D eigenvalue weighted by molar-refractivity contribution is -0.145. The summed E-state index contributed by atoms with van der Waals surface area (Å²) < 4.78 is 32.5. The summed E-state index contributed by atoms with van der Waals surface area (Å²) in [5.74, 6) is -3.69. The van der Waals surface area contributed by atoms with E-state index in [9.17, 15) is 13.6 Å². The summed E-state index contributed by atoms with van der Waals surface area (Å²) >= 11 is 0. The van der Waals surface area contributed by atoms with Crippen molar-refractivity contribution in [1.82, 2.24) is 5.32 Å². The lowest BCUT2D eigenvalue weighted by atomic mass is 10.2. The van der Waals surface area contributed by atoms with Gasteiger partial charge in [-0.25, -0.2) is 13.6 Å². The Morgan fingerprint density at radius 1 is 1.35 bits per heavy atom. The molecule has 0 saturated carbocycles. The summed E-state index contributed by atoms with van der Waals surface area (Å²) in [4.78, 5) is 10.8. The molecule has 0 bridgehead atoms. The van der Waals surface area contributed by atoms with Crippen LogP contribution < -0.4 is 10.1 Å². The molecule has 20 heavy (non-hydrogen) atoms. The Morgan fingerprint density at radius 3 is 2.30 bits per heavy atom. The topological polar surface area (TPSA) is 58.6 Å². The molecule has 0 radical (unpaired) electrons. The van der Waals surface area contributed by atoms with Crippen LogP contribution in [0, 0.1) is 11.6 Å². The molecule has 4 nitrogen and oxygen atoms in total. The molecule has 112 valence electrons. The molecule has 1 aromatic rings. The van der Waals surface area contributed by atoms with Crippen LogP contribution in [0.4, 0.5) is 8.78 Å². The molecule has 0 amide bonds. The lowest BCUT2D eigenvalue weighted by Crippen LogP contribution is -2.27. The van der Waals surface area contributed by atoms with Crippen molar-refractivity contribution in [1.29, 1.82) is 0 Å². The number of carboxylic acids is 1. The molecular weight excluding hydrogens is 268 g/mol. The van der Waals surface area contributed by atoms with Gasteiger partial charge in [-0.05, 0) is 24.1 Å². The molecule has 1 aromatic carbocycles. The summed E-state index contributed by atoms with van der Waals surface area (Å²) in [6.45, 7) is 5.73. The molecule has 0 aromatic heterocycles. The van der Waals surface area contributed by atoms with Crippen LogP contribution in [0.5, 0.6) is 5.75 Å². The molecule has 0 saturated heterocycles. The Balaban J connectivity index is 2.91. The van der Waals surface area contributed by atoms with Gasteiger partial charge in [-0.15, -0.1) is 0 Å². The van der Waals surface area contributed by atoms with E-state index >= 15 is 0 Å². The van der Waals surface area contributed by atoms with Crippen LogP contribution in [-0.2, 0) is 11.3 Å². The van der Waals surface area contributed by atoms with Crippen LogP contribution in [0.15, 0.2) is 12.1 Å². The van der Waals surface area contributed by atoms with E-state index in [4.69, 9.17) is 9.84 Å². The maximum absolute atomic E-state index is 13.8. The summed E-state index contributed by atoms with van der Waals surface area (Å²) in [5.41, 5.74) is 0.435. The quantitative estimate of drug-likeness (QED) is 0.809. The molecular formula is C14H19F2NO3. The van der Waals surface area contributed by atoms with Gasteiger partial charge < -0.3 is 15.2 Å². The Morgan fingerprint density at radius 2 is 1.90 bits per heavy atom. The summed E-state index contributed by atoms with van der Waals surface area (Å²) in [6.07, 6.45) is -1.15. The maximum atomic E-state index is 13.8. The number of hydrogen-bond donors (Lipinski definition) is 2. The first kappa shape index (κ1) is 16.4. The fraction of sp³-hybridized carbons (Fsp3) is 0.500. The third kappa shape index (κ3) is 4.45. The average molecular weight is 287 g/mol. The first-order chi connectivity index (χ1) is 9.35. The number of carbonyl (C=O) groups is 1. The second-order valence-electron chi connectivity index (χ2n) is 4.78. The monoisotopic (exact) mass is 287 g/mol. The summed E-state index contributed by atoms with van der Waals surface area (Å²) in [5, 5.41) is 11.9. The van der Waals surface area contributed by atoms with Gasteiger partial charge in [0.05, 0.1) is 0 Å². The lowest BCUT2D eigenvalue weighted by Gasteiger charge is -2.15. The second-order valence-corrected chi connectivity index (χ2v) is 4.78. The number of nitrogens with one attached hydrogen (secondary N) is 1. The smallest absolute Gasteiger partial charge is 0.344 e. The second kappa shape index (κ2) is 7.19. The first-order valence-corrected chi connectivity index (χ1v) is 6.45. The standard InChI is InChI=1S/C14H19F2NO3/c1-4-12(14(18)19)20-13-10(15)5-9(6-11(13)16)7-17-8(2)3/h5-6,8,12,17H,4,7H2,1-3H3,(H,18,19). The van der Waals surface area contributed by atoms with E-state index in [1.54, 1.807) is 6.92 Å². The number of carboxylic acid groups (broad SMARTS) is 1. The molecule has 0 spiro atoms. The molecule has 6 heteroatoms. The molecule has 0 aliphatic rings. The normalized spacial score (nSPS) is 12.5. The number of benzene rings is 1. The number of rotatable bonds is 7. The van der Waals surface area contributed by atoms with Crippen molar-refractivity contribution in [2.75, 3.05) is 0 Å². The minimum atomic E-state index is -1.27. The molecule has 2 N–H and O–H groups in total. The van der Waals surface area contributed by atoms with E-state index < -0.39 is 29.5 Å². The Kier molecular flexibility index (Phi) is 5.88. The van der Waals surface area contributed by atoms with Crippen molar-refractivity contribution in [2.45, 2.75) is 45.9 Å². The van der Waals surface area contributed by atoms with Crippen LogP contribution >= 0.6 is 0 Å². The van der Waals surface area contributed by atoms with Crippen molar-refractivity contribution < 1.29 is 23.4 Å². The molecule has 1 atom stereocenters. The highest BCUT2D eigenvalue weighted by Crippen LogP contribution is 2.25. The van der Waals surface area contributed by atoms with Gasteiger partial charge in [0, 0.05) is 12.6 Å². The van der Waals surface area contributed by atoms with Crippen molar-refractivity contribution in [3.8, 4) is 5.75 Å². The summed E-state index contributed by atoms with van der Waals surface area (Å²) in [7, 11) is 0. The highest BCUT2D eigenvalue weighted by molar-refractivity contribution is 5.72. The zero-order valence-corrected chi connectivity index (χ0v) is 11.7. The molecule has 0 aliphatic heterocycles. The SMILES string of the molecule is CCC(Oc1c(F)cc(CNC(C)C)cc1F)C(=O)O. The fourth-order valence-corrected chi connectivity index (χ4v) is 1.60. The molecule has 1 unspecified atom stereocenters. The van der Waals surface area contributed by atoms with Crippen LogP contribution in [0.1, 0.15) is 32.8 Å². The van der Waals surface area contributed by atoms with Gasteiger partial charge in [-0.2, -0.15) is 0 Å². The van der Waals surface area contributed by atoms with Gasteiger partial charge in [0.15, 0.2) is 23.5 Å². The van der Waals surface area contributed by atoms with Gasteiger partial charge in [-0.3, -0.25) is 0 Å². The molecule has 0 heterocycles. The van der Waals surface area contributed by atoms with E-state index in [1.807, 2.05) is 13.8 Å². The van der Waals surface area contributed by atoms with E-state index in [0.29, 0.717) is 12.1 Å². The fourth-order valence-electron chi connectivity index (χ4n) is 1.60. The van der Waals surface area contributed by atoms with Crippen molar-refractivity contribution in [3.05, 3.63) is 29.3 Å². The number of halogens is 2. The highest BCUT2D eigenvalue weighted by Gasteiger charge is 2.22. The van der Waals surface area contributed by atoms with Crippen LogP contribution in [0.2, 0.25) is 0 Å². The number of hydrogen-bond acceptors (Lipinski definition) is 3. The number of aliphatic carboxylic acids is 1. The zero-order chi connectivity index (χ0) is 15.3. The number of ether oxygens (including phenoxy) is 1. The minimum Gasteiger partial charge on any atom is -0.479 e. The molecule has 1 rings (SSSR count). The van der Waals surface area contributed by atoms with Gasteiger partial charge in [0.2, 0.25) is 0 Å².